The minimum Gasteiger partial charge on any atom is -0.491 e. The van der Waals surface area contributed by atoms with Gasteiger partial charge in [-0.15, -0.1) is 0 Å². The number of hydrogen-bond donors (Lipinski definition) is 0. The summed E-state index contributed by atoms with van der Waals surface area (Å²) in [6.45, 7) is 2.28. The van der Waals surface area contributed by atoms with Crippen molar-refractivity contribution in [1.82, 2.24) is 9.13 Å². The molecule has 120 valence electrons. The molecule has 2 aromatic rings. The standard InChI is InChI=1S/C15H13BrClN3O3/c1-2-19-9-10(8-18)14(21)20(15(19)22)5-6-23-13-4-3-11(17)7-12(13)16/h3-4,7,9H,2,5-6H2,1H3. The molecule has 8 heteroatoms. The summed E-state index contributed by atoms with van der Waals surface area (Å²) >= 11 is 9.17. The third-order valence-electron chi connectivity index (χ3n) is 3.16. The number of nitrogens with zero attached hydrogens (tertiary/aromatic N) is 3. The Morgan fingerprint density at radius 1 is 1.39 bits per heavy atom. The number of ether oxygens (including phenoxy) is 1. The molecule has 6 nitrogen and oxygen atoms in total. The van der Waals surface area contributed by atoms with Crippen LogP contribution in [0, 0.1) is 11.3 Å². The van der Waals surface area contributed by atoms with Gasteiger partial charge in [0, 0.05) is 17.8 Å². The molecule has 0 atom stereocenters. The molecule has 0 bridgehead atoms. The van der Waals surface area contributed by atoms with E-state index < -0.39 is 11.2 Å². The van der Waals surface area contributed by atoms with Gasteiger partial charge in [0.2, 0.25) is 0 Å². The Labute approximate surface area is 145 Å². The molecule has 0 saturated heterocycles. The van der Waals surface area contributed by atoms with Crippen molar-refractivity contribution in [2.45, 2.75) is 20.0 Å². The van der Waals surface area contributed by atoms with Crippen LogP contribution in [0.25, 0.3) is 0 Å². The molecule has 0 aliphatic carbocycles. The summed E-state index contributed by atoms with van der Waals surface area (Å²) in [6.07, 6.45) is 1.28. The van der Waals surface area contributed by atoms with Crippen molar-refractivity contribution < 1.29 is 4.74 Å². The molecule has 0 aliphatic heterocycles. The zero-order valence-electron chi connectivity index (χ0n) is 12.3. The number of halogens is 2. The van der Waals surface area contributed by atoms with Crippen molar-refractivity contribution in [2.24, 2.45) is 0 Å². The lowest BCUT2D eigenvalue weighted by Gasteiger charge is -2.11. The van der Waals surface area contributed by atoms with Gasteiger partial charge in [0.1, 0.15) is 24.0 Å². The van der Waals surface area contributed by atoms with Gasteiger partial charge in [-0.05, 0) is 41.1 Å². The molecule has 0 saturated carbocycles. The van der Waals surface area contributed by atoms with Crippen molar-refractivity contribution in [3.8, 4) is 11.8 Å². The zero-order chi connectivity index (χ0) is 17.0. The number of benzene rings is 1. The lowest BCUT2D eigenvalue weighted by molar-refractivity contribution is 0.290. The quantitative estimate of drug-likeness (QED) is 0.775. The summed E-state index contributed by atoms with van der Waals surface area (Å²) in [5.74, 6) is 0.551. The Hall–Kier alpha value is -2.04. The lowest BCUT2D eigenvalue weighted by atomic mass is 10.3. The van der Waals surface area contributed by atoms with E-state index >= 15 is 0 Å². The summed E-state index contributed by atoms with van der Waals surface area (Å²) in [5.41, 5.74) is -1.14. The predicted octanol–water partition coefficient (Wildman–Crippen LogP) is 2.40. The van der Waals surface area contributed by atoms with Crippen LogP contribution in [0.4, 0.5) is 0 Å². The van der Waals surface area contributed by atoms with Crippen LogP contribution < -0.4 is 16.0 Å². The Morgan fingerprint density at radius 2 is 2.13 bits per heavy atom. The monoisotopic (exact) mass is 397 g/mol. The van der Waals surface area contributed by atoms with E-state index in [2.05, 4.69) is 15.9 Å². The van der Waals surface area contributed by atoms with E-state index in [-0.39, 0.29) is 18.7 Å². The second-order valence-electron chi connectivity index (χ2n) is 4.60. The summed E-state index contributed by atoms with van der Waals surface area (Å²) < 4.78 is 8.55. The van der Waals surface area contributed by atoms with Crippen LogP contribution in [0.2, 0.25) is 5.02 Å². The van der Waals surface area contributed by atoms with Crippen LogP contribution in [-0.2, 0) is 13.1 Å². The van der Waals surface area contributed by atoms with E-state index in [1.165, 1.54) is 10.8 Å². The maximum atomic E-state index is 12.2. The molecule has 1 aromatic heterocycles. The second kappa shape index (κ2) is 7.49. The van der Waals surface area contributed by atoms with E-state index in [0.29, 0.717) is 21.8 Å². The van der Waals surface area contributed by atoms with Crippen LogP contribution in [0.15, 0.2) is 38.5 Å². The second-order valence-corrected chi connectivity index (χ2v) is 5.89. The Kier molecular flexibility index (Phi) is 5.64. The van der Waals surface area contributed by atoms with Crippen molar-refractivity contribution in [1.29, 1.82) is 5.26 Å². The van der Waals surface area contributed by atoms with Crippen LogP contribution in [0.5, 0.6) is 5.75 Å². The van der Waals surface area contributed by atoms with Crippen LogP contribution in [-0.4, -0.2) is 15.7 Å². The van der Waals surface area contributed by atoms with E-state index in [1.807, 2.05) is 0 Å². The SMILES string of the molecule is CCn1cc(C#N)c(=O)n(CCOc2ccc(Cl)cc2Br)c1=O. The average Bonchev–Trinajstić information content (AvgIpc) is 2.52. The molecular formula is C15H13BrClN3O3. The highest BCUT2D eigenvalue weighted by Crippen LogP contribution is 2.27. The van der Waals surface area contributed by atoms with Crippen molar-refractivity contribution in [3.63, 3.8) is 0 Å². The summed E-state index contributed by atoms with van der Waals surface area (Å²) in [6, 6.07) is 6.85. The molecule has 0 unspecified atom stereocenters. The molecule has 1 aromatic carbocycles. The van der Waals surface area contributed by atoms with Crippen LogP contribution in [0.1, 0.15) is 12.5 Å². The number of aryl methyl sites for hydroxylation is 1. The van der Waals surface area contributed by atoms with Crippen molar-refractivity contribution in [3.05, 3.63) is 60.3 Å². The van der Waals surface area contributed by atoms with E-state index in [4.69, 9.17) is 21.6 Å². The third kappa shape index (κ3) is 3.84. The molecule has 2 rings (SSSR count). The highest BCUT2D eigenvalue weighted by Gasteiger charge is 2.11. The number of nitriles is 1. The number of hydrogen-bond acceptors (Lipinski definition) is 4. The van der Waals surface area contributed by atoms with Gasteiger partial charge in [0.25, 0.3) is 5.56 Å². The highest BCUT2D eigenvalue weighted by atomic mass is 79.9. The molecule has 23 heavy (non-hydrogen) atoms. The molecule has 0 fully saturated rings. The van der Waals surface area contributed by atoms with Crippen LogP contribution in [0.3, 0.4) is 0 Å². The molecule has 0 spiro atoms. The summed E-state index contributed by atoms with van der Waals surface area (Å²) in [4.78, 5) is 24.3. The van der Waals surface area contributed by atoms with Gasteiger partial charge in [0.05, 0.1) is 11.0 Å². The van der Waals surface area contributed by atoms with Crippen LogP contribution >= 0.6 is 27.5 Å². The maximum absolute atomic E-state index is 12.2. The first kappa shape index (κ1) is 17.3. The topological polar surface area (TPSA) is 77.0 Å². The Morgan fingerprint density at radius 3 is 2.74 bits per heavy atom. The average molecular weight is 399 g/mol. The lowest BCUT2D eigenvalue weighted by Crippen LogP contribution is -2.41. The minimum atomic E-state index is -0.610. The molecule has 0 radical (unpaired) electrons. The van der Waals surface area contributed by atoms with Gasteiger partial charge in [-0.25, -0.2) is 4.79 Å². The Balaban J connectivity index is 2.22. The number of rotatable bonds is 5. The largest absolute Gasteiger partial charge is 0.491 e. The Bertz CT molecular complexity index is 883. The fraction of sp³-hybridized carbons (Fsp3) is 0.267. The first-order valence-electron chi connectivity index (χ1n) is 6.80. The van der Waals surface area contributed by atoms with Gasteiger partial charge in [-0.1, -0.05) is 11.6 Å². The van der Waals surface area contributed by atoms with E-state index in [0.717, 1.165) is 4.57 Å². The van der Waals surface area contributed by atoms with Gasteiger partial charge in [-0.2, -0.15) is 5.26 Å². The molecule has 0 aliphatic rings. The van der Waals surface area contributed by atoms with Crippen molar-refractivity contribution >= 4 is 27.5 Å². The fourth-order valence-corrected chi connectivity index (χ4v) is 2.79. The van der Waals surface area contributed by atoms with Gasteiger partial charge >= 0.3 is 5.69 Å². The molecule has 0 amide bonds. The molecule has 1 heterocycles. The smallest absolute Gasteiger partial charge is 0.331 e. The summed E-state index contributed by atoms with van der Waals surface area (Å²) in [7, 11) is 0. The maximum Gasteiger partial charge on any atom is 0.331 e. The summed E-state index contributed by atoms with van der Waals surface area (Å²) in [5, 5.41) is 9.55. The number of aromatic nitrogens is 2. The zero-order valence-corrected chi connectivity index (χ0v) is 14.6. The fourth-order valence-electron chi connectivity index (χ4n) is 1.99. The first-order valence-corrected chi connectivity index (χ1v) is 7.97. The predicted molar refractivity (Wildman–Crippen MR) is 90.0 cm³/mol. The third-order valence-corrected chi connectivity index (χ3v) is 4.02. The highest BCUT2D eigenvalue weighted by molar-refractivity contribution is 9.10. The van der Waals surface area contributed by atoms with E-state index in [1.54, 1.807) is 31.2 Å². The van der Waals surface area contributed by atoms with Gasteiger partial charge in [-0.3, -0.25) is 13.9 Å². The van der Waals surface area contributed by atoms with Gasteiger partial charge in [0.15, 0.2) is 0 Å². The van der Waals surface area contributed by atoms with E-state index in [9.17, 15) is 9.59 Å². The van der Waals surface area contributed by atoms with Gasteiger partial charge < -0.3 is 4.74 Å². The normalized spacial score (nSPS) is 10.3. The van der Waals surface area contributed by atoms with Crippen molar-refractivity contribution in [2.75, 3.05) is 6.61 Å². The molecule has 0 N–H and O–H groups in total. The minimum absolute atomic E-state index is 0.0439. The molecular weight excluding hydrogens is 386 g/mol. The first-order chi connectivity index (χ1) is 11.0.